The molecular formula is C20H31N4O2S+. The Morgan fingerprint density at radius 3 is 2.85 bits per heavy atom. The average molecular weight is 392 g/mol. The van der Waals surface area contributed by atoms with Crippen molar-refractivity contribution in [2.45, 2.75) is 51.7 Å². The van der Waals surface area contributed by atoms with Gasteiger partial charge >= 0.3 is 0 Å². The second kappa shape index (κ2) is 10.0. The van der Waals surface area contributed by atoms with Crippen molar-refractivity contribution in [2.75, 3.05) is 26.2 Å². The van der Waals surface area contributed by atoms with Gasteiger partial charge < -0.3 is 20.1 Å². The number of hydrazone groups is 1. The number of hydrogen-bond donors (Lipinski definition) is 4. The van der Waals surface area contributed by atoms with Crippen LogP contribution < -0.4 is 15.6 Å². The maximum absolute atomic E-state index is 10.2. The van der Waals surface area contributed by atoms with Crippen LogP contribution in [-0.4, -0.2) is 48.3 Å². The molecule has 0 spiro atoms. The van der Waals surface area contributed by atoms with Crippen molar-refractivity contribution in [1.29, 1.82) is 0 Å². The molecule has 2 fully saturated rings. The van der Waals surface area contributed by atoms with Gasteiger partial charge in [-0.3, -0.25) is 5.43 Å². The number of ether oxygens (including phenoxy) is 1. The molecule has 1 aromatic rings. The van der Waals surface area contributed by atoms with Crippen LogP contribution in [0.3, 0.4) is 0 Å². The molecular weight excluding hydrogens is 360 g/mol. The normalized spacial score (nSPS) is 21.2. The summed E-state index contributed by atoms with van der Waals surface area (Å²) in [6, 6.07) is 5.70. The smallest absolute Gasteiger partial charge is 0.187 e. The van der Waals surface area contributed by atoms with E-state index in [0.717, 1.165) is 42.8 Å². The van der Waals surface area contributed by atoms with Crippen molar-refractivity contribution in [1.82, 2.24) is 10.7 Å². The topological polar surface area (TPSA) is 70.3 Å². The monoisotopic (exact) mass is 391 g/mol. The molecule has 1 aromatic carbocycles. The van der Waals surface area contributed by atoms with Crippen LogP contribution in [0.5, 0.6) is 5.75 Å². The molecule has 0 unspecified atom stereocenters. The molecule has 4 N–H and O–H groups in total. The standard InChI is InChI=1S/C20H30N4O2S/c1-15(22-23-20(27)21-13-18-6-5-11-26-18)16-7-8-19(25)17(12-16)14-24-9-3-2-4-10-24/h7-8,12,18,25H,2-6,9-11,13-14H2,1H3,(H2,21,23,27)/p+1/b22-15+/t18-/m1/s1. The third kappa shape index (κ3) is 6.16. The minimum Gasteiger partial charge on any atom is -0.507 e. The lowest BCUT2D eigenvalue weighted by Crippen LogP contribution is -3.11. The van der Waals surface area contributed by atoms with E-state index in [1.807, 2.05) is 19.1 Å². The van der Waals surface area contributed by atoms with Crippen LogP contribution in [0, 0.1) is 0 Å². The van der Waals surface area contributed by atoms with E-state index in [9.17, 15) is 5.11 Å². The van der Waals surface area contributed by atoms with E-state index in [1.54, 1.807) is 11.0 Å². The molecule has 2 aliphatic rings. The van der Waals surface area contributed by atoms with E-state index in [2.05, 4.69) is 15.8 Å². The fraction of sp³-hybridized carbons (Fsp3) is 0.600. The molecule has 148 valence electrons. The molecule has 0 amide bonds. The molecule has 0 bridgehead atoms. The van der Waals surface area contributed by atoms with Gasteiger partial charge in [0, 0.05) is 18.7 Å². The predicted molar refractivity (Wildman–Crippen MR) is 111 cm³/mol. The van der Waals surface area contributed by atoms with Gasteiger partial charge in [0.15, 0.2) is 5.11 Å². The SMILES string of the molecule is C/C(=N\NC(=S)NC[C@H]1CCCO1)c1ccc(O)c(C[NH+]2CCCCC2)c1. The lowest BCUT2D eigenvalue weighted by Gasteiger charge is -2.24. The number of benzene rings is 1. The largest absolute Gasteiger partial charge is 0.507 e. The first-order valence-electron chi connectivity index (χ1n) is 9.97. The number of piperidine rings is 1. The molecule has 0 radical (unpaired) electrons. The highest BCUT2D eigenvalue weighted by Gasteiger charge is 2.17. The molecule has 6 nitrogen and oxygen atoms in total. The Bertz CT molecular complexity index is 668. The Labute approximate surface area is 167 Å². The average Bonchev–Trinajstić information content (AvgIpc) is 3.20. The number of rotatable bonds is 6. The van der Waals surface area contributed by atoms with E-state index in [0.29, 0.717) is 17.4 Å². The van der Waals surface area contributed by atoms with Crippen LogP contribution in [-0.2, 0) is 11.3 Å². The van der Waals surface area contributed by atoms with Gasteiger partial charge in [-0.1, -0.05) is 0 Å². The summed E-state index contributed by atoms with van der Waals surface area (Å²) in [6.07, 6.45) is 6.31. The summed E-state index contributed by atoms with van der Waals surface area (Å²) >= 11 is 5.28. The third-order valence-corrected chi connectivity index (χ3v) is 5.57. The maximum Gasteiger partial charge on any atom is 0.187 e. The molecule has 7 heteroatoms. The number of phenols is 1. The van der Waals surface area contributed by atoms with E-state index < -0.39 is 0 Å². The molecule has 0 aliphatic carbocycles. The van der Waals surface area contributed by atoms with Gasteiger partial charge in [0.05, 0.1) is 24.9 Å². The second-order valence-electron chi connectivity index (χ2n) is 7.48. The van der Waals surface area contributed by atoms with Crippen molar-refractivity contribution in [3.8, 4) is 5.75 Å². The fourth-order valence-corrected chi connectivity index (χ4v) is 3.83. The molecule has 0 saturated carbocycles. The van der Waals surface area contributed by atoms with Gasteiger partial charge in [0.25, 0.3) is 0 Å². The van der Waals surface area contributed by atoms with Crippen LogP contribution in [0.15, 0.2) is 23.3 Å². The lowest BCUT2D eigenvalue weighted by molar-refractivity contribution is -0.918. The Hall–Kier alpha value is -1.70. The molecule has 0 aromatic heterocycles. The quantitative estimate of drug-likeness (QED) is 0.335. The van der Waals surface area contributed by atoms with Crippen LogP contribution in [0.1, 0.15) is 50.2 Å². The number of aromatic hydroxyl groups is 1. The summed E-state index contributed by atoms with van der Waals surface area (Å²) < 4.78 is 5.57. The summed E-state index contributed by atoms with van der Waals surface area (Å²) in [5.41, 5.74) is 5.72. The first-order valence-corrected chi connectivity index (χ1v) is 10.4. The number of nitrogens with one attached hydrogen (secondary N) is 3. The predicted octanol–water partition coefficient (Wildman–Crippen LogP) is 1.33. The highest BCUT2D eigenvalue weighted by atomic mass is 32.1. The summed E-state index contributed by atoms with van der Waals surface area (Å²) in [7, 11) is 0. The van der Waals surface area contributed by atoms with Gasteiger partial charge in [-0.2, -0.15) is 5.10 Å². The number of hydrogen-bond acceptors (Lipinski definition) is 4. The first kappa shape index (κ1) is 20.0. The van der Waals surface area contributed by atoms with Crippen LogP contribution in [0.4, 0.5) is 0 Å². The van der Waals surface area contributed by atoms with Gasteiger partial charge in [0.2, 0.25) is 0 Å². The van der Waals surface area contributed by atoms with E-state index in [4.69, 9.17) is 17.0 Å². The van der Waals surface area contributed by atoms with Gasteiger partial charge in [-0.05, 0) is 75.0 Å². The Balaban J connectivity index is 1.54. The van der Waals surface area contributed by atoms with Crippen molar-refractivity contribution in [3.63, 3.8) is 0 Å². The zero-order chi connectivity index (χ0) is 19.1. The van der Waals surface area contributed by atoms with Gasteiger partial charge in [-0.25, -0.2) is 0 Å². The number of quaternary nitrogens is 1. The zero-order valence-corrected chi connectivity index (χ0v) is 16.9. The van der Waals surface area contributed by atoms with Crippen molar-refractivity contribution >= 4 is 23.0 Å². The van der Waals surface area contributed by atoms with Gasteiger partial charge in [0.1, 0.15) is 12.3 Å². The van der Waals surface area contributed by atoms with E-state index >= 15 is 0 Å². The van der Waals surface area contributed by atoms with Crippen LogP contribution in [0.25, 0.3) is 0 Å². The van der Waals surface area contributed by atoms with Crippen molar-refractivity contribution in [2.24, 2.45) is 5.10 Å². The van der Waals surface area contributed by atoms with E-state index in [-0.39, 0.29) is 6.10 Å². The molecule has 2 saturated heterocycles. The minimum absolute atomic E-state index is 0.242. The maximum atomic E-state index is 10.2. The number of likely N-dealkylation sites (tertiary alicyclic amines) is 1. The van der Waals surface area contributed by atoms with Crippen LogP contribution >= 0.6 is 12.2 Å². The summed E-state index contributed by atoms with van der Waals surface area (Å²) in [5.74, 6) is 0.367. The Morgan fingerprint density at radius 1 is 1.30 bits per heavy atom. The highest BCUT2D eigenvalue weighted by molar-refractivity contribution is 7.80. The van der Waals surface area contributed by atoms with E-state index in [1.165, 1.54) is 32.4 Å². The molecule has 27 heavy (non-hydrogen) atoms. The molecule has 1 atom stereocenters. The first-order chi connectivity index (χ1) is 13.1. The highest BCUT2D eigenvalue weighted by Crippen LogP contribution is 2.18. The van der Waals surface area contributed by atoms with Crippen molar-refractivity contribution < 1.29 is 14.7 Å². The Kier molecular flexibility index (Phi) is 7.43. The van der Waals surface area contributed by atoms with Crippen LogP contribution in [0.2, 0.25) is 0 Å². The number of nitrogens with zero attached hydrogens (tertiary/aromatic N) is 1. The fourth-order valence-electron chi connectivity index (χ4n) is 3.70. The summed E-state index contributed by atoms with van der Waals surface area (Å²) in [4.78, 5) is 1.54. The minimum atomic E-state index is 0.242. The zero-order valence-electron chi connectivity index (χ0n) is 16.1. The number of phenolic OH excluding ortho intramolecular Hbond substituents is 1. The lowest BCUT2D eigenvalue weighted by atomic mass is 10.0. The number of thiocarbonyl (C=S) groups is 1. The molecule has 2 heterocycles. The molecule has 2 aliphatic heterocycles. The third-order valence-electron chi connectivity index (χ3n) is 5.34. The summed E-state index contributed by atoms with van der Waals surface area (Å²) in [6.45, 7) is 6.72. The summed E-state index contributed by atoms with van der Waals surface area (Å²) in [5, 5.41) is 18.3. The van der Waals surface area contributed by atoms with Crippen molar-refractivity contribution in [3.05, 3.63) is 29.3 Å². The molecule has 3 rings (SSSR count). The van der Waals surface area contributed by atoms with Gasteiger partial charge in [-0.15, -0.1) is 0 Å². The Morgan fingerprint density at radius 2 is 2.11 bits per heavy atom. The second-order valence-corrected chi connectivity index (χ2v) is 7.89.